The van der Waals surface area contributed by atoms with E-state index in [-0.39, 0.29) is 17.6 Å². The number of carbonyl (C=O) groups is 1. The summed E-state index contributed by atoms with van der Waals surface area (Å²) < 4.78 is 13.2. The molecule has 0 spiro atoms. The van der Waals surface area contributed by atoms with Crippen LogP contribution >= 0.6 is 11.3 Å². The van der Waals surface area contributed by atoms with Crippen LogP contribution in [0, 0.1) is 12.7 Å². The zero-order valence-corrected chi connectivity index (χ0v) is 17.3. The van der Waals surface area contributed by atoms with Crippen molar-refractivity contribution in [2.45, 2.75) is 19.3 Å². The summed E-state index contributed by atoms with van der Waals surface area (Å²) in [7, 11) is 0. The Morgan fingerprint density at radius 3 is 2.07 bits per heavy atom. The van der Waals surface area contributed by atoms with Crippen LogP contribution < -0.4 is 5.32 Å². The minimum atomic E-state index is -0.284. The van der Waals surface area contributed by atoms with Gasteiger partial charge in [-0.25, -0.2) is 9.37 Å². The fourth-order valence-corrected chi connectivity index (χ4v) is 4.33. The number of hydrogen-bond donors (Lipinski definition) is 1. The topological polar surface area (TPSA) is 42.0 Å². The third-order valence-electron chi connectivity index (χ3n) is 4.95. The molecule has 0 saturated heterocycles. The third kappa shape index (κ3) is 4.63. The van der Waals surface area contributed by atoms with Crippen molar-refractivity contribution in [1.29, 1.82) is 0 Å². The van der Waals surface area contributed by atoms with Crippen LogP contribution in [0.4, 0.5) is 9.52 Å². The molecule has 0 aliphatic heterocycles. The predicted molar refractivity (Wildman–Crippen MR) is 120 cm³/mol. The Labute approximate surface area is 179 Å². The molecule has 1 heterocycles. The van der Waals surface area contributed by atoms with Crippen LogP contribution in [0.25, 0.3) is 11.3 Å². The van der Waals surface area contributed by atoms with E-state index in [2.05, 4.69) is 10.3 Å². The van der Waals surface area contributed by atoms with Crippen molar-refractivity contribution in [2.24, 2.45) is 0 Å². The fraction of sp³-hybridized carbons (Fsp3) is 0.120. The van der Waals surface area contributed by atoms with E-state index in [1.165, 1.54) is 23.5 Å². The minimum absolute atomic E-state index is 0.0370. The van der Waals surface area contributed by atoms with Gasteiger partial charge in [0.2, 0.25) is 5.91 Å². The zero-order valence-electron chi connectivity index (χ0n) is 16.5. The Hall–Kier alpha value is -3.31. The highest BCUT2D eigenvalue weighted by atomic mass is 32.1. The van der Waals surface area contributed by atoms with Gasteiger partial charge >= 0.3 is 0 Å². The van der Waals surface area contributed by atoms with Crippen LogP contribution in [0.1, 0.15) is 28.3 Å². The lowest BCUT2D eigenvalue weighted by Gasteiger charge is -2.17. The Balaban J connectivity index is 1.53. The molecule has 0 unspecified atom stereocenters. The van der Waals surface area contributed by atoms with Crippen molar-refractivity contribution in [1.82, 2.24) is 4.98 Å². The molecule has 0 atom stereocenters. The second-order valence-electron chi connectivity index (χ2n) is 7.06. The monoisotopic (exact) mass is 416 g/mol. The second-order valence-corrected chi connectivity index (χ2v) is 8.26. The lowest BCUT2D eigenvalue weighted by Crippen LogP contribution is -2.16. The van der Waals surface area contributed by atoms with Crippen LogP contribution in [0.5, 0.6) is 0 Å². The number of thiazole rings is 1. The van der Waals surface area contributed by atoms with Crippen molar-refractivity contribution in [3.63, 3.8) is 0 Å². The molecule has 0 aliphatic rings. The first-order valence-corrected chi connectivity index (χ1v) is 10.5. The molecule has 3 aromatic carbocycles. The standard InChI is InChI=1S/C25H21FN2OS/c1-17-24(20-12-14-21(26)15-13-20)28-25(30-17)27-23(29)16-22(18-8-4-2-5-9-18)19-10-6-3-7-11-19/h2-15,22H,16H2,1H3,(H,27,28,29). The maximum absolute atomic E-state index is 13.2. The number of anilines is 1. The van der Waals surface area contributed by atoms with Crippen LogP contribution in [0.2, 0.25) is 0 Å². The number of carbonyl (C=O) groups excluding carboxylic acids is 1. The van der Waals surface area contributed by atoms with Gasteiger partial charge in [0.05, 0.1) is 5.69 Å². The fourth-order valence-electron chi connectivity index (χ4n) is 3.48. The quantitative estimate of drug-likeness (QED) is 0.394. The first-order valence-electron chi connectivity index (χ1n) is 9.73. The first-order chi connectivity index (χ1) is 14.6. The van der Waals surface area contributed by atoms with Gasteiger partial charge < -0.3 is 5.32 Å². The van der Waals surface area contributed by atoms with Crippen LogP contribution in [-0.2, 0) is 4.79 Å². The number of hydrogen-bond acceptors (Lipinski definition) is 3. The minimum Gasteiger partial charge on any atom is -0.302 e. The molecule has 4 rings (SSSR count). The van der Waals surface area contributed by atoms with Crippen LogP contribution in [0.3, 0.4) is 0 Å². The largest absolute Gasteiger partial charge is 0.302 e. The number of nitrogens with zero attached hydrogens (tertiary/aromatic N) is 1. The van der Waals surface area contributed by atoms with E-state index in [9.17, 15) is 9.18 Å². The molecule has 4 aromatic rings. The van der Waals surface area contributed by atoms with Crippen molar-refractivity contribution < 1.29 is 9.18 Å². The van der Waals surface area contributed by atoms with Gasteiger partial charge in [-0.3, -0.25) is 4.79 Å². The zero-order chi connectivity index (χ0) is 20.9. The van der Waals surface area contributed by atoms with Crippen LogP contribution in [0.15, 0.2) is 84.9 Å². The van der Waals surface area contributed by atoms with E-state index in [4.69, 9.17) is 0 Å². The highest BCUT2D eigenvalue weighted by Crippen LogP contribution is 2.32. The molecule has 1 aromatic heterocycles. The summed E-state index contributed by atoms with van der Waals surface area (Å²) in [5, 5.41) is 3.50. The molecule has 3 nitrogen and oxygen atoms in total. The summed E-state index contributed by atoms with van der Waals surface area (Å²) in [6, 6.07) is 26.3. The second kappa shape index (κ2) is 9.01. The molecule has 5 heteroatoms. The van der Waals surface area contributed by atoms with Gasteiger partial charge in [0.1, 0.15) is 5.82 Å². The Kier molecular flexibility index (Phi) is 6.00. The SMILES string of the molecule is Cc1sc(NC(=O)CC(c2ccccc2)c2ccccc2)nc1-c1ccc(F)cc1. The molecule has 0 fully saturated rings. The number of nitrogens with one attached hydrogen (secondary N) is 1. The summed E-state index contributed by atoms with van der Waals surface area (Å²) in [6.45, 7) is 1.95. The highest BCUT2D eigenvalue weighted by molar-refractivity contribution is 7.16. The number of amides is 1. The van der Waals surface area contributed by atoms with Gasteiger partial charge in [-0.05, 0) is 42.3 Å². The maximum atomic E-state index is 13.2. The normalized spacial score (nSPS) is 10.9. The number of halogens is 1. The summed E-state index contributed by atoms with van der Waals surface area (Å²) >= 11 is 1.42. The Morgan fingerprint density at radius 2 is 1.50 bits per heavy atom. The first kappa shape index (κ1) is 20.0. The number of aromatic nitrogens is 1. The molecule has 0 saturated carbocycles. The lowest BCUT2D eigenvalue weighted by molar-refractivity contribution is -0.116. The number of benzene rings is 3. The summed E-state index contributed by atoms with van der Waals surface area (Å²) in [4.78, 5) is 18.4. The average molecular weight is 417 g/mol. The van der Waals surface area contributed by atoms with Crippen LogP contribution in [-0.4, -0.2) is 10.9 Å². The molecule has 0 bridgehead atoms. The molecule has 30 heavy (non-hydrogen) atoms. The lowest BCUT2D eigenvalue weighted by atomic mass is 9.88. The van der Waals surface area contributed by atoms with E-state index in [1.807, 2.05) is 67.6 Å². The van der Waals surface area contributed by atoms with E-state index in [0.717, 1.165) is 27.3 Å². The molecular formula is C25H21FN2OS. The van der Waals surface area contributed by atoms with Gasteiger partial charge in [-0.15, -0.1) is 11.3 Å². The van der Waals surface area contributed by atoms with E-state index >= 15 is 0 Å². The summed E-state index contributed by atoms with van der Waals surface area (Å²) in [5.41, 5.74) is 3.79. The summed E-state index contributed by atoms with van der Waals surface area (Å²) in [6.07, 6.45) is 0.318. The van der Waals surface area contributed by atoms with Crippen molar-refractivity contribution in [3.05, 3.63) is 107 Å². The molecular weight excluding hydrogens is 395 g/mol. The maximum Gasteiger partial charge on any atom is 0.227 e. The molecule has 1 N–H and O–H groups in total. The number of aryl methyl sites for hydroxylation is 1. The van der Waals surface area contributed by atoms with Crippen molar-refractivity contribution >= 4 is 22.4 Å². The molecule has 0 aliphatic carbocycles. The van der Waals surface area contributed by atoms with Gasteiger partial charge in [0, 0.05) is 22.8 Å². The van der Waals surface area contributed by atoms with Crippen molar-refractivity contribution in [3.8, 4) is 11.3 Å². The van der Waals surface area contributed by atoms with E-state index in [1.54, 1.807) is 12.1 Å². The molecule has 1 amide bonds. The average Bonchev–Trinajstić information content (AvgIpc) is 3.13. The molecule has 150 valence electrons. The number of rotatable bonds is 6. The van der Waals surface area contributed by atoms with Gasteiger partial charge in [-0.1, -0.05) is 60.7 Å². The highest BCUT2D eigenvalue weighted by Gasteiger charge is 2.19. The van der Waals surface area contributed by atoms with Gasteiger partial charge in [0.15, 0.2) is 5.13 Å². The van der Waals surface area contributed by atoms with E-state index in [0.29, 0.717) is 11.6 Å². The Morgan fingerprint density at radius 1 is 0.933 bits per heavy atom. The third-order valence-corrected chi connectivity index (χ3v) is 5.84. The van der Waals surface area contributed by atoms with Crippen molar-refractivity contribution in [2.75, 3.05) is 5.32 Å². The smallest absolute Gasteiger partial charge is 0.227 e. The van der Waals surface area contributed by atoms with E-state index < -0.39 is 0 Å². The Bertz CT molecular complexity index is 1090. The summed E-state index contributed by atoms with van der Waals surface area (Å²) in [5.74, 6) is -0.412. The molecule has 0 radical (unpaired) electrons. The van der Waals surface area contributed by atoms with Gasteiger partial charge in [0.25, 0.3) is 0 Å². The predicted octanol–water partition coefficient (Wildman–Crippen LogP) is 6.42. The van der Waals surface area contributed by atoms with Gasteiger partial charge in [-0.2, -0.15) is 0 Å².